The molecule has 0 saturated carbocycles. The zero-order chi connectivity index (χ0) is 23.8. The van der Waals surface area contributed by atoms with Gasteiger partial charge in [0.25, 0.3) is 0 Å². The highest BCUT2D eigenvalue weighted by molar-refractivity contribution is 8.53. The van der Waals surface area contributed by atoms with Crippen molar-refractivity contribution in [3.63, 3.8) is 0 Å². The van der Waals surface area contributed by atoms with Gasteiger partial charge in [0, 0.05) is 26.3 Å². The van der Waals surface area contributed by atoms with Crippen LogP contribution >= 0.6 is 9.16 Å². The van der Waals surface area contributed by atoms with Crippen LogP contribution in [0.5, 0.6) is 0 Å². The van der Waals surface area contributed by atoms with Crippen molar-refractivity contribution in [1.29, 1.82) is 0 Å². The molecule has 9 rings (SSSR count). The van der Waals surface area contributed by atoms with E-state index in [1.165, 1.54) is 60.2 Å². The predicted octanol–water partition coefficient (Wildman–Crippen LogP) is 9.19. The number of aromatic nitrogens is 1. The molecule has 1 aromatic heterocycles. The quantitative estimate of drug-likeness (QED) is 0.177. The molecule has 0 radical (unpaired) electrons. The first-order valence-electron chi connectivity index (χ1n) is 12.7. The van der Waals surface area contributed by atoms with Crippen molar-refractivity contribution in [1.82, 2.24) is 4.57 Å². The number of thiol groups is 1. The molecule has 0 amide bonds. The zero-order valence-corrected chi connectivity index (χ0v) is 21.2. The van der Waals surface area contributed by atoms with Crippen LogP contribution in [0.15, 0.2) is 124 Å². The van der Waals surface area contributed by atoms with Crippen LogP contribution < -0.4 is 0 Å². The smallest absolute Gasteiger partial charge is 0.0547 e. The van der Waals surface area contributed by atoms with E-state index in [4.69, 9.17) is 0 Å². The first kappa shape index (κ1) is 19.2. The van der Waals surface area contributed by atoms with Crippen molar-refractivity contribution in [3.8, 4) is 16.8 Å². The fourth-order valence-electron chi connectivity index (χ4n) is 7.45. The van der Waals surface area contributed by atoms with E-state index in [0.29, 0.717) is 0 Å². The molecule has 0 spiro atoms. The summed E-state index contributed by atoms with van der Waals surface area (Å²) in [5, 5.41) is 8.12. The largest absolute Gasteiger partial charge is 0.309 e. The average Bonchev–Trinajstić information content (AvgIpc) is 3.19. The van der Waals surface area contributed by atoms with E-state index in [0.717, 1.165) is 0 Å². The Balaban J connectivity index is 1.44. The SMILES string of the molecule is C[SH]12(C)c3ccccc3-c3cc4c(ccc5c4c4ccccc4n5-c4ccc5ccccc5c4)c1c32. The first-order valence-corrected chi connectivity index (χ1v) is 15.8. The maximum Gasteiger partial charge on any atom is 0.0547 e. The summed E-state index contributed by atoms with van der Waals surface area (Å²) in [6, 6.07) is 40.8. The van der Waals surface area contributed by atoms with Crippen LogP contribution in [-0.2, 0) is 0 Å². The molecule has 36 heavy (non-hydrogen) atoms. The molecule has 3 heterocycles. The summed E-state index contributed by atoms with van der Waals surface area (Å²) in [6.45, 7) is 0. The second-order valence-corrected chi connectivity index (χ2v) is 16.8. The lowest BCUT2D eigenvalue weighted by Gasteiger charge is -2.36. The number of hydrogen-bond donors (Lipinski definition) is 1. The highest BCUT2D eigenvalue weighted by Crippen LogP contribution is 3.01. The summed E-state index contributed by atoms with van der Waals surface area (Å²) in [6.07, 6.45) is 5.13. The van der Waals surface area contributed by atoms with E-state index in [2.05, 4.69) is 126 Å². The van der Waals surface area contributed by atoms with Gasteiger partial charge in [-0.1, -0.05) is 78.9 Å². The van der Waals surface area contributed by atoms with E-state index in [-0.39, 0.29) is 0 Å². The van der Waals surface area contributed by atoms with Crippen molar-refractivity contribution in [2.45, 2.75) is 14.7 Å². The lowest BCUT2D eigenvalue weighted by molar-refractivity contribution is 1.19. The maximum absolute atomic E-state index is 2.56. The molecule has 172 valence electrons. The average molecular weight is 480 g/mol. The number of fused-ring (bicyclic) bond motifs is 11. The van der Waals surface area contributed by atoms with Crippen molar-refractivity contribution < 1.29 is 0 Å². The fourth-order valence-corrected chi connectivity index (χ4v) is 13.2. The van der Waals surface area contributed by atoms with Crippen molar-refractivity contribution in [3.05, 3.63) is 109 Å². The third kappa shape index (κ3) is 1.97. The Morgan fingerprint density at radius 1 is 0.528 bits per heavy atom. The topological polar surface area (TPSA) is 4.93 Å². The Morgan fingerprint density at radius 2 is 1.31 bits per heavy atom. The van der Waals surface area contributed by atoms with Gasteiger partial charge in [0.2, 0.25) is 0 Å². The van der Waals surface area contributed by atoms with Gasteiger partial charge in [-0.3, -0.25) is 0 Å². The van der Waals surface area contributed by atoms with Gasteiger partial charge in [-0.25, -0.2) is 9.16 Å². The minimum Gasteiger partial charge on any atom is -0.309 e. The number of nitrogens with zero attached hydrogens (tertiary/aromatic N) is 1. The molecule has 0 atom stereocenters. The Bertz CT molecular complexity index is 2140. The summed E-state index contributed by atoms with van der Waals surface area (Å²) >= 11 is 0. The number of benzene rings is 6. The monoisotopic (exact) mass is 479 g/mol. The summed E-state index contributed by atoms with van der Waals surface area (Å²) in [5.74, 6) is 0. The van der Waals surface area contributed by atoms with Crippen LogP contribution in [0.1, 0.15) is 0 Å². The third-order valence-electron chi connectivity index (χ3n) is 9.10. The van der Waals surface area contributed by atoms with E-state index >= 15 is 0 Å². The highest BCUT2D eigenvalue weighted by atomic mass is 32.3. The van der Waals surface area contributed by atoms with E-state index < -0.39 is 9.16 Å². The van der Waals surface area contributed by atoms with Gasteiger partial charge >= 0.3 is 0 Å². The Morgan fingerprint density at radius 3 is 2.22 bits per heavy atom. The highest BCUT2D eigenvalue weighted by Gasteiger charge is 2.60. The molecule has 7 aromatic rings. The molecule has 6 aromatic carbocycles. The molecule has 1 nitrogen and oxygen atoms in total. The van der Waals surface area contributed by atoms with Crippen LogP contribution in [0.25, 0.3) is 60.2 Å². The summed E-state index contributed by atoms with van der Waals surface area (Å²) in [7, 11) is -2.16. The minimum absolute atomic E-state index is 1.22. The summed E-state index contributed by atoms with van der Waals surface area (Å²) < 4.78 is 2.46. The molecule has 0 unspecified atom stereocenters. The molecule has 0 saturated heterocycles. The van der Waals surface area contributed by atoms with Crippen molar-refractivity contribution in [2.75, 3.05) is 12.5 Å². The van der Waals surface area contributed by atoms with Crippen LogP contribution in [0.3, 0.4) is 0 Å². The summed E-state index contributed by atoms with van der Waals surface area (Å²) in [5.41, 5.74) is 6.71. The molecule has 0 fully saturated rings. The van der Waals surface area contributed by atoms with E-state index in [1.54, 1.807) is 14.7 Å². The van der Waals surface area contributed by atoms with E-state index in [9.17, 15) is 0 Å². The van der Waals surface area contributed by atoms with Gasteiger partial charge in [0.1, 0.15) is 0 Å². The van der Waals surface area contributed by atoms with Crippen molar-refractivity contribution in [2.24, 2.45) is 0 Å². The van der Waals surface area contributed by atoms with Gasteiger partial charge in [-0.15, -0.1) is 0 Å². The predicted molar refractivity (Wildman–Crippen MR) is 157 cm³/mol. The van der Waals surface area contributed by atoms with Crippen LogP contribution in [0.2, 0.25) is 0 Å². The second-order valence-electron chi connectivity index (χ2n) is 11.2. The van der Waals surface area contributed by atoms with Gasteiger partial charge in [-0.2, -0.15) is 0 Å². The van der Waals surface area contributed by atoms with Gasteiger partial charge in [0.15, 0.2) is 0 Å². The molecule has 2 aliphatic heterocycles. The molecular weight excluding hydrogens is 454 g/mol. The molecule has 0 N–H and O–H groups in total. The molecule has 2 aliphatic rings. The first-order chi connectivity index (χ1) is 17.6. The Hall–Kier alpha value is -4.01. The Labute approximate surface area is 209 Å². The third-order valence-corrected chi connectivity index (χ3v) is 14.3. The minimum atomic E-state index is -2.16. The normalized spacial score (nSPS) is 17.2. The number of hydrogen-bond acceptors (Lipinski definition) is 0. The summed E-state index contributed by atoms with van der Waals surface area (Å²) in [4.78, 5) is 4.90. The van der Waals surface area contributed by atoms with Crippen LogP contribution in [0, 0.1) is 0 Å². The van der Waals surface area contributed by atoms with Gasteiger partial charge in [0.05, 0.1) is 11.0 Å². The molecular formula is C34H25NS. The van der Waals surface area contributed by atoms with E-state index in [1.807, 2.05) is 0 Å². The number of rotatable bonds is 1. The lowest BCUT2D eigenvalue weighted by atomic mass is 9.98. The van der Waals surface area contributed by atoms with Gasteiger partial charge < -0.3 is 4.57 Å². The lowest BCUT2D eigenvalue weighted by Crippen LogP contribution is -1.97. The molecule has 0 aliphatic carbocycles. The second kappa shape index (κ2) is 5.86. The molecule has 0 bridgehead atoms. The number of para-hydroxylation sites is 1. The Kier molecular flexibility index (Phi) is 3.13. The van der Waals surface area contributed by atoms with Crippen LogP contribution in [-0.4, -0.2) is 17.1 Å². The van der Waals surface area contributed by atoms with Crippen LogP contribution in [0.4, 0.5) is 0 Å². The fraction of sp³-hybridized carbons (Fsp3) is 0.0588. The van der Waals surface area contributed by atoms with Gasteiger partial charge in [-0.05, 0) is 80.4 Å². The van der Waals surface area contributed by atoms with Crippen molar-refractivity contribution >= 4 is 52.5 Å². The zero-order valence-electron chi connectivity index (χ0n) is 20.3. The standard InChI is InChI=1S/C34H25NS/c1-36(2)31-14-8-6-11-24(31)28-20-27-25(33(36)34(28)36)17-18-30-32(27)26-12-5-7-13-29(26)35(30)23-16-15-21-9-3-4-10-22(21)19-23/h3-20,36H,1-2H3. The maximum atomic E-state index is 2.56. The molecule has 2 heteroatoms.